The largest absolute Gasteiger partial charge is 0.382 e. The molecule has 0 aromatic heterocycles. The molecule has 0 saturated heterocycles. The summed E-state index contributed by atoms with van der Waals surface area (Å²) in [5.74, 6) is -22.7. The summed E-state index contributed by atoms with van der Waals surface area (Å²) in [6, 6.07) is 2.30. The Kier molecular flexibility index (Phi) is 5.79. The van der Waals surface area contributed by atoms with E-state index >= 15 is 0 Å². The van der Waals surface area contributed by atoms with Gasteiger partial charge in [0.05, 0.1) is 14.5 Å². The van der Waals surface area contributed by atoms with Crippen molar-refractivity contribution in [3.8, 4) is 0 Å². The Hall–Kier alpha value is -1.67. The molecule has 2 aromatic carbocycles. The molecule has 0 saturated carbocycles. The maximum Gasteiger partial charge on any atom is 0.376 e. The first-order valence-corrected chi connectivity index (χ1v) is 9.71. The lowest BCUT2D eigenvalue weighted by Crippen LogP contribution is -2.37. The van der Waals surface area contributed by atoms with Crippen molar-refractivity contribution in [1.29, 1.82) is 0 Å². The first kappa shape index (κ1) is 25.0. The van der Waals surface area contributed by atoms with Crippen LogP contribution >= 0.6 is 31.9 Å². The van der Waals surface area contributed by atoms with Crippen LogP contribution in [0.1, 0.15) is 33.2 Å². The van der Waals surface area contributed by atoms with Gasteiger partial charge in [-0.25, -0.2) is 8.78 Å². The Bertz CT molecular complexity index is 1130. The Morgan fingerprint density at radius 2 is 1.19 bits per heavy atom. The van der Waals surface area contributed by atoms with E-state index in [-0.39, 0.29) is 0 Å². The van der Waals surface area contributed by atoms with Crippen molar-refractivity contribution in [1.82, 2.24) is 0 Å². The van der Waals surface area contributed by atoms with Crippen LogP contribution in [0, 0.1) is 11.6 Å². The van der Waals surface area contributed by atoms with E-state index in [1.54, 1.807) is 0 Å². The molecule has 4 rings (SSSR count). The molecule has 2 nitrogen and oxygen atoms in total. The first-order valence-electron chi connectivity index (χ1n) is 8.13. The van der Waals surface area contributed by atoms with E-state index in [1.807, 2.05) is 0 Å². The Labute approximate surface area is 188 Å². The topological polar surface area (TPSA) is 37.3 Å². The quantitative estimate of drug-likeness (QED) is 0.334. The van der Waals surface area contributed by atoms with Gasteiger partial charge in [-0.1, -0.05) is 0 Å². The van der Waals surface area contributed by atoms with Crippen LogP contribution in [0.5, 0.6) is 0 Å². The molecule has 2 aliphatic rings. The number of ketones is 1. The van der Waals surface area contributed by atoms with Gasteiger partial charge in [-0.2, -0.15) is 35.1 Å². The number of hydrogen-bond acceptors (Lipinski definition) is 2. The van der Waals surface area contributed by atoms with Crippen LogP contribution in [-0.2, 0) is 11.8 Å². The molecular weight excluding hydrogens is 598 g/mol. The summed E-state index contributed by atoms with van der Waals surface area (Å²) < 4.78 is 130. The highest BCUT2D eigenvalue weighted by atomic mass is 79.9. The zero-order valence-corrected chi connectivity index (χ0v) is 17.9. The minimum absolute atomic E-state index is 0.494. The zero-order chi connectivity index (χ0) is 24.6. The molecule has 0 amide bonds. The Morgan fingerprint density at radius 3 is 1.72 bits per heavy atom. The molecule has 2 aliphatic carbocycles. The summed E-state index contributed by atoms with van der Waals surface area (Å²) in [7, 11) is 0. The van der Waals surface area contributed by atoms with Crippen LogP contribution in [0.15, 0.2) is 33.2 Å². The molecule has 32 heavy (non-hydrogen) atoms. The minimum Gasteiger partial charge on any atom is -0.382 e. The number of fused-ring (bicyclic) bond motifs is 2. The third-order valence-corrected chi connectivity index (χ3v) is 6.43. The van der Waals surface area contributed by atoms with Crippen molar-refractivity contribution in [3.63, 3.8) is 0 Å². The van der Waals surface area contributed by atoms with E-state index < -0.39 is 78.4 Å². The lowest BCUT2D eigenvalue weighted by molar-refractivity contribution is -0.246. The predicted octanol–water partition coefficient (Wildman–Crippen LogP) is 6.87. The Morgan fingerprint density at radius 1 is 0.719 bits per heavy atom. The second-order valence-corrected chi connectivity index (χ2v) is 8.27. The van der Waals surface area contributed by atoms with Gasteiger partial charge in [0.25, 0.3) is 0 Å². The van der Waals surface area contributed by atoms with Crippen LogP contribution < -0.4 is 0 Å². The molecule has 174 valence electrons. The van der Waals surface area contributed by atoms with Crippen molar-refractivity contribution < 1.29 is 53.8 Å². The van der Waals surface area contributed by atoms with Gasteiger partial charge in [-0.3, -0.25) is 4.79 Å². The molecule has 1 unspecified atom stereocenters. The number of carbonyl (C=O) groups is 1. The summed E-state index contributed by atoms with van der Waals surface area (Å²) in [5.41, 5.74) is -4.00. The first-order chi connectivity index (χ1) is 14.4. The third-order valence-electron chi connectivity index (χ3n) is 4.85. The van der Waals surface area contributed by atoms with Crippen LogP contribution in [-0.4, -0.2) is 22.7 Å². The van der Waals surface area contributed by atoms with Crippen molar-refractivity contribution in [3.05, 3.63) is 67.1 Å². The van der Waals surface area contributed by atoms with Gasteiger partial charge in [-0.15, -0.1) is 0 Å². The SMILES string of the molecule is O=C1c2c(ccc(F)c2Br)C(F)(F)C1(F)F.OC1c2c(ccc(F)c2Br)C(F)(F)C1(F)F. The van der Waals surface area contributed by atoms with E-state index in [0.29, 0.717) is 24.3 Å². The zero-order valence-electron chi connectivity index (χ0n) is 14.8. The molecule has 0 bridgehead atoms. The Balaban J connectivity index is 0.000000181. The van der Waals surface area contributed by atoms with E-state index in [0.717, 1.165) is 0 Å². The summed E-state index contributed by atoms with van der Waals surface area (Å²) in [6.45, 7) is 0. The average molecular weight is 604 g/mol. The maximum absolute atomic E-state index is 13.2. The van der Waals surface area contributed by atoms with Gasteiger partial charge < -0.3 is 5.11 Å². The van der Waals surface area contributed by atoms with Crippen LogP contribution in [0.3, 0.4) is 0 Å². The van der Waals surface area contributed by atoms with Crippen LogP contribution in [0.2, 0.25) is 0 Å². The highest BCUT2D eigenvalue weighted by molar-refractivity contribution is 9.10. The second kappa shape index (κ2) is 7.42. The second-order valence-electron chi connectivity index (χ2n) is 6.68. The number of aliphatic hydroxyl groups is 1. The third kappa shape index (κ3) is 3.12. The summed E-state index contributed by atoms with van der Waals surface area (Å²) >= 11 is 5.09. The standard InChI is InChI=1S/C9H4BrF5O.C9H2BrF5O/c2*10-6-4(11)2-1-3-5(6)7(16)9(14,15)8(3,12)13/h1-2,7,16H;1-2H. The van der Waals surface area contributed by atoms with Gasteiger partial charge in [-0.05, 0) is 56.1 Å². The van der Waals surface area contributed by atoms with Crippen molar-refractivity contribution in [2.45, 2.75) is 29.8 Å². The lowest BCUT2D eigenvalue weighted by atomic mass is 10.1. The number of aliphatic hydroxyl groups excluding tert-OH is 1. The molecule has 1 N–H and O–H groups in total. The molecule has 0 aliphatic heterocycles. The summed E-state index contributed by atoms with van der Waals surface area (Å²) in [6.07, 6.45) is -2.72. The molecule has 0 fully saturated rings. The molecule has 0 radical (unpaired) electrons. The number of rotatable bonds is 0. The van der Waals surface area contributed by atoms with Gasteiger partial charge in [0, 0.05) is 16.7 Å². The minimum atomic E-state index is -4.83. The fourth-order valence-corrected chi connectivity index (χ4v) is 4.23. The van der Waals surface area contributed by atoms with E-state index in [1.165, 1.54) is 0 Å². The van der Waals surface area contributed by atoms with Crippen LogP contribution in [0.4, 0.5) is 43.9 Å². The maximum atomic E-state index is 13.2. The number of alkyl halides is 8. The molecule has 2 aromatic rings. The van der Waals surface area contributed by atoms with Crippen LogP contribution in [0.25, 0.3) is 0 Å². The van der Waals surface area contributed by atoms with Gasteiger partial charge in [0.2, 0.25) is 5.78 Å². The number of benzene rings is 2. The smallest absolute Gasteiger partial charge is 0.376 e. The highest BCUT2D eigenvalue weighted by Gasteiger charge is 2.70. The fourth-order valence-electron chi connectivity index (χ4n) is 3.14. The van der Waals surface area contributed by atoms with Gasteiger partial charge in [0.15, 0.2) is 6.10 Å². The number of hydrogen-bond donors (Lipinski definition) is 1. The van der Waals surface area contributed by atoms with E-state index in [4.69, 9.17) is 5.11 Å². The summed E-state index contributed by atoms with van der Waals surface area (Å²) in [5, 5.41) is 9.12. The van der Waals surface area contributed by atoms with Gasteiger partial charge in [0.1, 0.15) is 11.6 Å². The molecule has 14 heteroatoms. The monoisotopic (exact) mass is 602 g/mol. The molecular formula is C18H6Br2F10O2. The molecule has 0 heterocycles. The van der Waals surface area contributed by atoms with Gasteiger partial charge >= 0.3 is 23.7 Å². The van der Waals surface area contributed by atoms with Crippen molar-refractivity contribution in [2.24, 2.45) is 0 Å². The van der Waals surface area contributed by atoms with E-state index in [9.17, 15) is 48.7 Å². The number of carbonyl (C=O) groups excluding carboxylic acids is 1. The lowest BCUT2D eigenvalue weighted by Gasteiger charge is -2.21. The highest BCUT2D eigenvalue weighted by Crippen LogP contribution is 2.59. The predicted molar refractivity (Wildman–Crippen MR) is 95.2 cm³/mol. The number of Topliss-reactive ketones (excluding diaryl/α,β-unsaturated/α-hetero) is 1. The fraction of sp³-hybridized carbons (Fsp3) is 0.278. The molecule has 0 spiro atoms. The van der Waals surface area contributed by atoms with Crippen molar-refractivity contribution in [2.75, 3.05) is 0 Å². The van der Waals surface area contributed by atoms with Crippen molar-refractivity contribution >= 4 is 37.6 Å². The normalized spacial score (nSPS) is 23.3. The molecule has 1 atom stereocenters. The summed E-state index contributed by atoms with van der Waals surface area (Å²) in [4.78, 5) is 11.1. The van der Waals surface area contributed by atoms with E-state index in [2.05, 4.69) is 31.9 Å². The average Bonchev–Trinajstić information content (AvgIpc) is 2.92. The number of halogens is 12.